The number of ketones is 1. The number of hydrogen-bond donors (Lipinski definition) is 0. The van der Waals surface area contributed by atoms with E-state index < -0.39 is 23.1 Å². The van der Waals surface area contributed by atoms with Crippen LogP contribution in [0, 0.1) is 17.5 Å². The molecule has 0 saturated heterocycles. The standard InChI is InChI=1S/C22H11F3N2OS/c23-17-13-10-16(21(28)12-6-2-1-3-7-12)29-22(13)19(25)20(18(17)24)27-11-26-14-8-4-5-9-15(14)27/h1-11H. The Morgan fingerprint density at radius 3 is 2.41 bits per heavy atom. The lowest BCUT2D eigenvalue weighted by atomic mass is 10.1. The summed E-state index contributed by atoms with van der Waals surface area (Å²) in [7, 11) is 0. The number of imidazole rings is 1. The molecule has 29 heavy (non-hydrogen) atoms. The number of para-hydroxylation sites is 2. The van der Waals surface area contributed by atoms with E-state index in [9.17, 15) is 13.6 Å². The van der Waals surface area contributed by atoms with Gasteiger partial charge in [0.2, 0.25) is 5.78 Å². The Kier molecular flexibility index (Phi) is 3.99. The van der Waals surface area contributed by atoms with E-state index in [0.717, 1.165) is 11.3 Å². The summed E-state index contributed by atoms with van der Waals surface area (Å²) in [5.74, 6) is -3.83. The number of hydrogen-bond acceptors (Lipinski definition) is 3. The van der Waals surface area contributed by atoms with Crippen LogP contribution < -0.4 is 0 Å². The first-order valence-electron chi connectivity index (χ1n) is 8.68. The average Bonchev–Trinajstić information content (AvgIpc) is 3.38. The quantitative estimate of drug-likeness (QED) is 0.276. The number of aromatic nitrogens is 2. The van der Waals surface area contributed by atoms with E-state index in [-0.39, 0.29) is 20.7 Å². The zero-order valence-corrected chi connectivity index (χ0v) is 15.5. The van der Waals surface area contributed by atoms with E-state index >= 15 is 4.39 Å². The molecule has 0 bridgehead atoms. The maximum absolute atomic E-state index is 15.3. The molecule has 0 atom stereocenters. The zero-order chi connectivity index (χ0) is 20.1. The number of halogens is 3. The number of carbonyl (C=O) groups is 1. The average molecular weight is 408 g/mol. The minimum Gasteiger partial charge on any atom is -0.293 e. The molecule has 2 aromatic heterocycles. The third kappa shape index (κ3) is 2.66. The fourth-order valence-corrected chi connectivity index (χ4v) is 4.39. The fraction of sp³-hybridized carbons (Fsp3) is 0. The predicted molar refractivity (Wildman–Crippen MR) is 106 cm³/mol. The van der Waals surface area contributed by atoms with E-state index in [1.165, 1.54) is 17.0 Å². The van der Waals surface area contributed by atoms with Crippen molar-refractivity contribution in [2.45, 2.75) is 0 Å². The Labute approximate surface area is 166 Å². The van der Waals surface area contributed by atoms with E-state index in [1.807, 2.05) is 0 Å². The summed E-state index contributed by atoms with van der Waals surface area (Å²) in [6.45, 7) is 0. The molecule has 0 aliphatic rings. The Balaban J connectivity index is 1.75. The smallest absolute Gasteiger partial charge is 0.202 e. The summed E-state index contributed by atoms with van der Waals surface area (Å²) in [6, 6.07) is 16.4. The van der Waals surface area contributed by atoms with Gasteiger partial charge in [-0.1, -0.05) is 42.5 Å². The van der Waals surface area contributed by atoms with E-state index in [0.29, 0.717) is 16.6 Å². The molecule has 2 heterocycles. The summed E-state index contributed by atoms with van der Waals surface area (Å²) >= 11 is 0.802. The third-order valence-corrected chi connectivity index (χ3v) is 5.86. The molecule has 0 aliphatic heterocycles. The van der Waals surface area contributed by atoms with Crippen LogP contribution in [0.1, 0.15) is 15.2 Å². The third-order valence-electron chi connectivity index (χ3n) is 4.73. The summed E-state index contributed by atoms with van der Waals surface area (Å²) in [5.41, 5.74) is 0.810. The van der Waals surface area contributed by atoms with Crippen LogP contribution in [-0.4, -0.2) is 15.3 Å². The van der Waals surface area contributed by atoms with Gasteiger partial charge in [-0.05, 0) is 18.2 Å². The number of nitrogens with zero attached hydrogens (tertiary/aromatic N) is 2. The molecular formula is C22H11F3N2OS. The van der Waals surface area contributed by atoms with Gasteiger partial charge in [0.15, 0.2) is 17.5 Å². The second-order valence-electron chi connectivity index (χ2n) is 6.44. The lowest BCUT2D eigenvalue weighted by molar-refractivity contribution is 0.104. The highest BCUT2D eigenvalue weighted by Crippen LogP contribution is 2.37. The van der Waals surface area contributed by atoms with Gasteiger partial charge in [0.25, 0.3) is 0 Å². The molecule has 0 unspecified atom stereocenters. The van der Waals surface area contributed by atoms with Crippen molar-refractivity contribution in [3.63, 3.8) is 0 Å². The Hall–Kier alpha value is -3.45. The first-order chi connectivity index (χ1) is 14.1. The monoisotopic (exact) mass is 408 g/mol. The van der Waals surface area contributed by atoms with Crippen molar-refractivity contribution in [3.8, 4) is 5.69 Å². The van der Waals surface area contributed by atoms with Crippen molar-refractivity contribution in [2.75, 3.05) is 0 Å². The van der Waals surface area contributed by atoms with Gasteiger partial charge in [-0.2, -0.15) is 0 Å². The van der Waals surface area contributed by atoms with Crippen molar-refractivity contribution < 1.29 is 18.0 Å². The van der Waals surface area contributed by atoms with Crippen LogP contribution in [0.25, 0.3) is 26.8 Å². The first kappa shape index (κ1) is 17.6. The topological polar surface area (TPSA) is 34.9 Å². The van der Waals surface area contributed by atoms with Crippen LogP contribution in [-0.2, 0) is 0 Å². The Morgan fingerprint density at radius 2 is 1.62 bits per heavy atom. The molecule has 5 aromatic rings. The molecule has 0 fully saturated rings. The number of thiophene rings is 1. The van der Waals surface area contributed by atoms with Crippen LogP contribution in [0.5, 0.6) is 0 Å². The lowest BCUT2D eigenvalue weighted by Crippen LogP contribution is -2.03. The summed E-state index contributed by atoms with van der Waals surface area (Å²) in [6.07, 6.45) is 1.25. The molecule has 0 aliphatic carbocycles. The summed E-state index contributed by atoms with van der Waals surface area (Å²) < 4.78 is 46.1. The Morgan fingerprint density at radius 1 is 0.897 bits per heavy atom. The summed E-state index contributed by atoms with van der Waals surface area (Å²) in [5, 5.41) is -0.252. The SMILES string of the molecule is O=C(c1ccccc1)c1cc2c(F)c(F)c(-n3cnc4ccccc43)c(F)c2s1. The van der Waals surface area contributed by atoms with Crippen LogP contribution in [0.15, 0.2) is 67.0 Å². The van der Waals surface area contributed by atoms with E-state index in [1.54, 1.807) is 54.6 Å². The molecule has 0 saturated carbocycles. The molecule has 3 aromatic carbocycles. The van der Waals surface area contributed by atoms with Gasteiger partial charge in [-0.25, -0.2) is 18.2 Å². The normalized spacial score (nSPS) is 11.4. The van der Waals surface area contributed by atoms with Gasteiger partial charge in [-0.15, -0.1) is 11.3 Å². The van der Waals surface area contributed by atoms with Gasteiger partial charge in [-0.3, -0.25) is 9.36 Å². The molecule has 0 spiro atoms. The molecule has 142 valence electrons. The largest absolute Gasteiger partial charge is 0.293 e. The van der Waals surface area contributed by atoms with Crippen LogP contribution in [0.2, 0.25) is 0 Å². The highest BCUT2D eigenvalue weighted by molar-refractivity contribution is 7.21. The lowest BCUT2D eigenvalue weighted by Gasteiger charge is -2.09. The molecule has 3 nitrogen and oxygen atoms in total. The fourth-order valence-electron chi connectivity index (χ4n) is 3.34. The highest BCUT2D eigenvalue weighted by atomic mass is 32.1. The maximum atomic E-state index is 15.3. The van der Waals surface area contributed by atoms with Crippen LogP contribution in [0.4, 0.5) is 13.2 Å². The molecule has 0 N–H and O–H groups in total. The van der Waals surface area contributed by atoms with Crippen molar-refractivity contribution in [1.29, 1.82) is 0 Å². The van der Waals surface area contributed by atoms with Crippen molar-refractivity contribution in [1.82, 2.24) is 9.55 Å². The summed E-state index contributed by atoms with van der Waals surface area (Å²) in [4.78, 5) is 16.9. The van der Waals surface area contributed by atoms with Crippen molar-refractivity contribution in [3.05, 3.63) is 94.9 Å². The minimum atomic E-state index is -1.32. The molecule has 0 radical (unpaired) electrons. The second-order valence-corrected chi connectivity index (χ2v) is 7.49. The van der Waals surface area contributed by atoms with Crippen LogP contribution in [0.3, 0.4) is 0 Å². The van der Waals surface area contributed by atoms with Crippen LogP contribution >= 0.6 is 11.3 Å². The second kappa shape index (κ2) is 6.56. The molecular weight excluding hydrogens is 397 g/mol. The van der Waals surface area contributed by atoms with Crippen molar-refractivity contribution in [2.24, 2.45) is 0 Å². The maximum Gasteiger partial charge on any atom is 0.202 e. The number of rotatable bonds is 3. The molecule has 5 rings (SSSR count). The minimum absolute atomic E-state index is 0.115. The van der Waals surface area contributed by atoms with Gasteiger partial charge in [0.05, 0.1) is 20.6 Å². The Bertz CT molecular complexity index is 1410. The van der Waals surface area contributed by atoms with Gasteiger partial charge in [0.1, 0.15) is 12.0 Å². The van der Waals surface area contributed by atoms with Gasteiger partial charge >= 0.3 is 0 Å². The number of fused-ring (bicyclic) bond motifs is 2. The zero-order valence-electron chi connectivity index (χ0n) is 14.7. The predicted octanol–water partition coefficient (Wildman–Crippen LogP) is 5.89. The van der Waals surface area contributed by atoms with E-state index in [4.69, 9.17) is 0 Å². The van der Waals surface area contributed by atoms with Gasteiger partial charge in [0, 0.05) is 10.9 Å². The number of carbonyl (C=O) groups excluding carboxylic acids is 1. The molecule has 0 amide bonds. The molecule has 7 heteroatoms. The number of benzene rings is 3. The highest BCUT2D eigenvalue weighted by Gasteiger charge is 2.26. The first-order valence-corrected chi connectivity index (χ1v) is 9.50. The van der Waals surface area contributed by atoms with Gasteiger partial charge < -0.3 is 0 Å². The van der Waals surface area contributed by atoms with Crippen molar-refractivity contribution >= 4 is 38.2 Å². The van der Waals surface area contributed by atoms with E-state index in [2.05, 4.69) is 4.98 Å².